The molecule has 0 saturated heterocycles. The van der Waals surface area contributed by atoms with Gasteiger partial charge in [-0.3, -0.25) is 4.98 Å². The van der Waals surface area contributed by atoms with Crippen molar-refractivity contribution in [1.82, 2.24) is 19.5 Å². The number of nitrogens with zero attached hydrogens (tertiary/aromatic N) is 5. The molecule has 3 aromatic heterocycles. The molecule has 0 spiro atoms. The summed E-state index contributed by atoms with van der Waals surface area (Å²) in [5, 5.41) is 12.2. The molecule has 0 fully saturated rings. The number of nitriles is 1. The molecule has 0 bridgehead atoms. The topological polar surface area (TPSA) is 96.5 Å². The normalized spacial score (nSPS) is 11.9. The van der Waals surface area contributed by atoms with Crippen molar-refractivity contribution < 1.29 is 4.79 Å². The zero-order chi connectivity index (χ0) is 17.1. The Labute approximate surface area is 139 Å². The van der Waals surface area contributed by atoms with Crippen LogP contribution in [0.25, 0.3) is 11.0 Å². The standard InChI is InChI=1S/C17H16N6O/c1-3-11-4-13(12(6-18)9-24)19-7-14(11)22-17-5-16-15(8-20-17)21-10-23(16)2/h4-5,7-10,12H,3H2,1-2H3,(H,20,22). The van der Waals surface area contributed by atoms with Gasteiger partial charge in [-0.1, -0.05) is 6.92 Å². The summed E-state index contributed by atoms with van der Waals surface area (Å²) in [6.45, 7) is 2.00. The molecular formula is C17H16N6O. The van der Waals surface area contributed by atoms with Crippen LogP contribution in [-0.2, 0) is 18.3 Å². The van der Waals surface area contributed by atoms with Crippen LogP contribution < -0.4 is 5.32 Å². The third-order valence-electron chi connectivity index (χ3n) is 3.86. The molecule has 0 aliphatic heterocycles. The van der Waals surface area contributed by atoms with E-state index in [1.165, 1.54) is 0 Å². The van der Waals surface area contributed by atoms with E-state index in [0.717, 1.165) is 28.7 Å². The molecule has 1 unspecified atom stereocenters. The number of aryl methyl sites for hydroxylation is 2. The molecule has 24 heavy (non-hydrogen) atoms. The molecule has 3 rings (SSSR count). The molecule has 1 N–H and O–H groups in total. The fourth-order valence-corrected chi connectivity index (χ4v) is 2.49. The van der Waals surface area contributed by atoms with Gasteiger partial charge < -0.3 is 14.7 Å². The van der Waals surface area contributed by atoms with E-state index in [-0.39, 0.29) is 0 Å². The maximum Gasteiger partial charge on any atom is 0.144 e. The Balaban J connectivity index is 1.94. The van der Waals surface area contributed by atoms with Gasteiger partial charge in [-0.15, -0.1) is 0 Å². The highest BCUT2D eigenvalue weighted by Crippen LogP contribution is 2.24. The molecule has 1 atom stereocenters. The molecule has 3 heterocycles. The number of anilines is 2. The first-order valence-electron chi connectivity index (χ1n) is 7.54. The molecule has 120 valence electrons. The zero-order valence-corrected chi connectivity index (χ0v) is 13.4. The number of carbonyl (C=O) groups excluding carboxylic acids is 1. The monoisotopic (exact) mass is 320 g/mol. The molecule has 0 aliphatic rings. The molecular weight excluding hydrogens is 304 g/mol. The molecule has 0 aliphatic carbocycles. The van der Waals surface area contributed by atoms with Gasteiger partial charge in [-0.25, -0.2) is 9.97 Å². The summed E-state index contributed by atoms with van der Waals surface area (Å²) in [4.78, 5) is 23.8. The van der Waals surface area contributed by atoms with Crippen LogP contribution >= 0.6 is 0 Å². The summed E-state index contributed by atoms with van der Waals surface area (Å²) in [5.74, 6) is -0.157. The predicted octanol–water partition coefficient (Wildman–Crippen LogP) is 2.48. The van der Waals surface area contributed by atoms with E-state index in [9.17, 15) is 4.79 Å². The SMILES string of the molecule is CCc1cc(C(C#N)C=O)ncc1Nc1cc2c(cn1)ncn2C. The highest BCUT2D eigenvalue weighted by atomic mass is 16.1. The quantitative estimate of drug-likeness (QED) is 0.725. The van der Waals surface area contributed by atoms with Crippen molar-refractivity contribution in [3.63, 3.8) is 0 Å². The average Bonchev–Trinajstić information content (AvgIpc) is 2.98. The van der Waals surface area contributed by atoms with Crippen molar-refractivity contribution in [3.05, 3.63) is 42.1 Å². The highest BCUT2D eigenvalue weighted by Gasteiger charge is 2.13. The number of fused-ring (bicyclic) bond motifs is 1. The van der Waals surface area contributed by atoms with Crippen LogP contribution in [0.1, 0.15) is 24.1 Å². The average molecular weight is 320 g/mol. The summed E-state index contributed by atoms with van der Waals surface area (Å²) in [6.07, 6.45) is 6.43. The Bertz CT molecular complexity index is 940. The van der Waals surface area contributed by atoms with Gasteiger partial charge >= 0.3 is 0 Å². The van der Waals surface area contributed by atoms with Crippen LogP contribution in [0.5, 0.6) is 0 Å². The second-order valence-corrected chi connectivity index (χ2v) is 5.40. The van der Waals surface area contributed by atoms with Gasteiger partial charge in [0.2, 0.25) is 0 Å². The summed E-state index contributed by atoms with van der Waals surface area (Å²) in [7, 11) is 1.92. The second-order valence-electron chi connectivity index (χ2n) is 5.40. The minimum absolute atomic E-state index is 0.463. The van der Waals surface area contributed by atoms with Crippen molar-refractivity contribution in [2.45, 2.75) is 19.3 Å². The lowest BCUT2D eigenvalue weighted by atomic mass is 10.0. The lowest BCUT2D eigenvalue weighted by Crippen LogP contribution is -2.04. The number of nitrogens with one attached hydrogen (secondary N) is 1. The molecule has 3 aromatic rings. The third-order valence-corrected chi connectivity index (χ3v) is 3.86. The number of imidazole rings is 1. The van der Waals surface area contributed by atoms with Gasteiger partial charge in [0.25, 0.3) is 0 Å². The summed E-state index contributed by atoms with van der Waals surface area (Å²) >= 11 is 0. The van der Waals surface area contributed by atoms with Crippen molar-refractivity contribution in [3.8, 4) is 6.07 Å². The van der Waals surface area contributed by atoms with Crippen LogP contribution in [0.2, 0.25) is 0 Å². The predicted molar refractivity (Wildman–Crippen MR) is 89.8 cm³/mol. The van der Waals surface area contributed by atoms with Crippen LogP contribution in [0.3, 0.4) is 0 Å². The number of hydrogen-bond acceptors (Lipinski definition) is 6. The molecule has 0 aromatic carbocycles. The van der Waals surface area contributed by atoms with E-state index in [4.69, 9.17) is 5.26 Å². The summed E-state index contributed by atoms with van der Waals surface area (Å²) in [6, 6.07) is 5.64. The molecule has 7 nitrogen and oxygen atoms in total. The maximum absolute atomic E-state index is 10.9. The lowest BCUT2D eigenvalue weighted by molar-refractivity contribution is -0.108. The van der Waals surface area contributed by atoms with E-state index >= 15 is 0 Å². The number of hydrogen-bond donors (Lipinski definition) is 1. The van der Waals surface area contributed by atoms with Gasteiger partial charge in [-0.05, 0) is 18.1 Å². The molecule has 0 amide bonds. The number of aromatic nitrogens is 4. The third kappa shape index (κ3) is 2.82. The van der Waals surface area contributed by atoms with Crippen LogP contribution in [-0.4, -0.2) is 25.8 Å². The van der Waals surface area contributed by atoms with Gasteiger partial charge in [0.05, 0.1) is 41.7 Å². The van der Waals surface area contributed by atoms with Crippen LogP contribution in [0.15, 0.2) is 30.9 Å². The first-order valence-corrected chi connectivity index (χ1v) is 7.54. The van der Waals surface area contributed by atoms with Gasteiger partial charge in [0, 0.05) is 13.1 Å². The van der Waals surface area contributed by atoms with Gasteiger partial charge in [0.1, 0.15) is 23.5 Å². The minimum atomic E-state index is -0.840. The van der Waals surface area contributed by atoms with E-state index in [1.807, 2.05) is 30.7 Å². The van der Waals surface area contributed by atoms with E-state index in [2.05, 4.69) is 20.3 Å². The Morgan fingerprint density at radius 2 is 2.17 bits per heavy atom. The molecule has 0 saturated carbocycles. The van der Waals surface area contributed by atoms with Crippen molar-refractivity contribution in [2.75, 3.05) is 5.32 Å². The Morgan fingerprint density at radius 1 is 1.33 bits per heavy atom. The minimum Gasteiger partial charge on any atom is -0.339 e. The zero-order valence-electron chi connectivity index (χ0n) is 13.4. The molecule has 0 radical (unpaired) electrons. The lowest BCUT2D eigenvalue weighted by Gasteiger charge is -2.12. The number of carbonyl (C=O) groups is 1. The highest BCUT2D eigenvalue weighted by molar-refractivity contribution is 5.78. The van der Waals surface area contributed by atoms with Crippen LogP contribution in [0.4, 0.5) is 11.5 Å². The number of aldehydes is 1. The Morgan fingerprint density at radius 3 is 2.88 bits per heavy atom. The van der Waals surface area contributed by atoms with Gasteiger partial charge in [-0.2, -0.15) is 5.26 Å². The van der Waals surface area contributed by atoms with E-state index in [0.29, 0.717) is 17.8 Å². The largest absolute Gasteiger partial charge is 0.339 e. The summed E-state index contributed by atoms with van der Waals surface area (Å²) < 4.78 is 1.92. The Hall–Kier alpha value is -3.27. The van der Waals surface area contributed by atoms with E-state index < -0.39 is 5.92 Å². The van der Waals surface area contributed by atoms with Crippen LogP contribution in [0, 0.1) is 11.3 Å². The first-order chi connectivity index (χ1) is 11.7. The van der Waals surface area contributed by atoms with E-state index in [1.54, 1.807) is 24.8 Å². The first kappa shape index (κ1) is 15.6. The fraction of sp³-hybridized carbons (Fsp3) is 0.235. The summed E-state index contributed by atoms with van der Waals surface area (Å²) in [5.41, 5.74) is 4.03. The van der Waals surface area contributed by atoms with Gasteiger partial charge in [0.15, 0.2) is 0 Å². The Kier molecular flexibility index (Phi) is 4.20. The smallest absolute Gasteiger partial charge is 0.144 e. The maximum atomic E-state index is 10.9. The number of pyridine rings is 2. The van der Waals surface area contributed by atoms with Crippen molar-refractivity contribution in [2.24, 2.45) is 7.05 Å². The van der Waals surface area contributed by atoms with Crippen molar-refractivity contribution >= 4 is 28.8 Å². The second kappa shape index (κ2) is 6.46. The number of rotatable bonds is 5. The van der Waals surface area contributed by atoms with Crippen molar-refractivity contribution in [1.29, 1.82) is 5.26 Å². The molecule has 7 heteroatoms. The fourth-order valence-electron chi connectivity index (χ4n) is 2.49.